The lowest BCUT2D eigenvalue weighted by molar-refractivity contribution is 0.0713. The van der Waals surface area contributed by atoms with Crippen LogP contribution in [0.25, 0.3) is 0 Å². The van der Waals surface area contributed by atoms with Crippen molar-refractivity contribution in [2.45, 2.75) is 31.4 Å². The summed E-state index contributed by atoms with van der Waals surface area (Å²) >= 11 is 0. The molecule has 0 saturated carbocycles. The van der Waals surface area contributed by atoms with Gasteiger partial charge in [-0.3, -0.25) is 9.00 Å². The van der Waals surface area contributed by atoms with Crippen LogP contribution in [0, 0.1) is 20.8 Å². The highest BCUT2D eigenvalue weighted by molar-refractivity contribution is 7.84. The molecule has 0 radical (unpaired) electrons. The molecule has 1 atom stereocenters. The zero-order valence-electron chi connectivity index (χ0n) is 18.3. The number of amides is 1. The first kappa shape index (κ1) is 21.4. The van der Waals surface area contributed by atoms with E-state index in [0.717, 1.165) is 23.5 Å². The Morgan fingerprint density at radius 3 is 2.35 bits per heavy atom. The number of carbonyl (C=O) groups is 1. The van der Waals surface area contributed by atoms with Gasteiger partial charge in [-0.15, -0.1) is 0 Å². The third kappa shape index (κ3) is 4.59. The summed E-state index contributed by atoms with van der Waals surface area (Å²) in [7, 11) is -1.21. The fourth-order valence-electron chi connectivity index (χ4n) is 3.97. The number of rotatable bonds is 5. The molecule has 1 aliphatic heterocycles. The molecule has 0 N–H and O–H groups in total. The maximum absolute atomic E-state index is 12.9. The van der Waals surface area contributed by atoms with Crippen LogP contribution in [0.5, 0.6) is 0 Å². The van der Waals surface area contributed by atoms with Crippen LogP contribution < -0.4 is 4.90 Å². The third-order valence-corrected chi connectivity index (χ3v) is 7.46. The number of aryl methyl sites for hydroxylation is 2. The number of hydrogen-bond donors (Lipinski definition) is 0. The average Bonchev–Trinajstić information content (AvgIpc) is 3.24. The fraction of sp³-hybridized carbons (Fsp3) is 0.320. The van der Waals surface area contributed by atoms with Crippen LogP contribution in [0.15, 0.2) is 63.9 Å². The van der Waals surface area contributed by atoms with Crippen LogP contribution in [0.1, 0.15) is 33.0 Å². The van der Waals surface area contributed by atoms with E-state index in [1.165, 1.54) is 16.8 Å². The number of benzene rings is 2. The van der Waals surface area contributed by atoms with Gasteiger partial charge >= 0.3 is 0 Å². The second-order valence-electron chi connectivity index (χ2n) is 8.02. The normalized spacial score (nSPS) is 15.2. The van der Waals surface area contributed by atoms with E-state index in [0.29, 0.717) is 24.6 Å². The Balaban J connectivity index is 1.38. The summed E-state index contributed by atoms with van der Waals surface area (Å²) in [5, 5.41) is 0. The minimum atomic E-state index is -1.21. The highest BCUT2D eigenvalue weighted by Crippen LogP contribution is 2.25. The summed E-state index contributed by atoms with van der Waals surface area (Å²) in [6, 6.07) is 17.4. The summed E-state index contributed by atoms with van der Waals surface area (Å²) in [6.45, 7) is 9.10. The van der Waals surface area contributed by atoms with Gasteiger partial charge in [0.2, 0.25) is 0 Å². The SMILES string of the molecule is Cc1ccccc1[S@](=O)Cc1ccc(C(=O)N2CCN(c3cccc(C)c3C)CC2)o1. The Labute approximate surface area is 186 Å². The van der Waals surface area contributed by atoms with E-state index in [1.54, 1.807) is 12.1 Å². The topological polar surface area (TPSA) is 53.8 Å². The molecule has 1 aliphatic rings. The Bertz CT molecular complexity index is 1110. The highest BCUT2D eigenvalue weighted by Gasteiger charge is 2.25. The summed E-state index contributed by atoms with van der Waals surface area (Å²) < 4.78 is 18.5. The van der Waals surface area contributed by atoms with E-state index in [4.69, 9.17) is 4.42 Å². The van der Waals surface area contributed by atoms with Crippen molar-refractivity contribution < 1.29 is 13.4 Å². The fourth-order valence-corrected chi connectivity index (χ4v) is 5.20. The molecule has 5 nitrogen and oxygen atoms in total. The molecule has 31 heavy (non-hydrogen) atoms. The Kier molecular flexibility index (Phi) is 6.28. The van der Waals surface area contributed by atoms with Crippen LogP contribution in [-0.4, -0.2) is 41.2 Å². The molecular formula is C25H28N2O3S. The predicted octanol–water partition coefficient (Wildman–Crippen LogP) is 4.48. The first-order valence-electron chi connectivity index (χ1n) is 10.6. The van der Waals surface area contributed by atoms with Crippen LogP contribution in [-0.2, 0) is 16.6 Å². The molecule has 1 amide bonds. The molecule has 4 rings (SSSR count). The van der Waals surface area contributed by atoms with Gasteiger partial charge in [0.1, 0.15) is 5.76 Å². The van der Waals surface area contributed by atoms with E-state index < -0.39 is 10.8 Å². The van der Waals surface area contributed by atoms with Gasteiger partial charge in [-0.25, -0.2) is 0 Å². The maximum Gasteiger partial charge on any atom is 0.289 e. The molecule has 162 valence electrons. The first-order chi connectivity index (χ1) is 14.9. The zero-order chi connectivity index (χ0) is 22.0. The quantitative estimate of drug-likeness (QED) is 0.592. The Hall–Kier alpha value is -2.86. The van der Waals surface area contributed by atoms with Crippen LogP contribution >= 0.6 is 0 Å². The lowest BCUT2D eigenvalue weighted by Crippen LogP contribution is -2.49. The second kappa shape index (κ2) is 9.10. The molecule has 6 heteroatoms. The van der Waals surface area contributed by atoms with E-state index >= 15 is 0 Å². The van der Waals surface area contributed by atoms with Gasteiger partial charge in [0, 0.05) is 36.8 Å². The van der Waals surface area contributed by atoms with E-state index in [2.05, 4.69) is 36.9 Å². The van der Waals surface area contributed by atoms with Gasteiger partial charge < -0.3 is 14.2 Å². The standard InChI is InChI=1S/C25H28N2O3S/c1-18-8-6-9-22(20(18)3)26-13-15-27(16-14-26)25(28)23-12-11-21(30-23)17-31(29)24-10-5-4-7-19(24)2/h4-12H,13-17H2,1-3H3/t31-/m1/s1. The lowest BCUT2D eigenvalue weighted by atomic mass is 10.1. The minimum Gasteiger partial charge on any atom is -0.455 e. The van der Waals surface area contributed by atoms with E-state index in [9.17, 15) is 9.00 Å². The molecule has 0 aliphatic carbocycles. The van der Waals surface area contributed by atoms with Gasteiger partial charge in [0.05, 0.1) is 16.6 Å². The maximum atomic E-state index is 12.9. The Morgan fingerprint density at radius 1 is 0.903 bits per heavy atom. The van der Waals surface area contributed by atoms with Crippen LogP contribution in [0.3, 0.4) is 0 Å². The third-order valence-electron chi connectivity index (χ3n) is 5.97. The lowest BCUT2D eigenvalue weighted by Gasteiger charge is -2.36. The smallest absolute Gasteiger partial charge is 0.289 e. The molecule has 2 heterocycles. The van der Waals surface area contributed by atoms with Gasteiger partial charge in [0.15, 0.2) is 5.76 Å². The molecule has 1 fully saturated rings. The molecule has 3 aromatic rings. The molecule has 0 spiro atoms. The number of piperazine rings is 1. The van der Waals surface area contributed by atoms with Gasteiger partial charge in [-0.2, -0.15) is 0 Å². The number of furan rings is 1. The summed E-state index contributed by atoms with van der Waals surface area (Å²) in [6.07, 6.45) is 0. The van der Waals surface area contributed by atoms with Crippen molar-refractivity contribution >= 4 is 22.4 Å². The molecule has 0 unspecified atom stereocenters. The van der Waals surface area contributed by atoms with Crippen molar-refractivity contribution in [1.82, 2.24) is 4.90 Å². The van der Waals surface area contributed by atoms with Gasteiger partial charge in [-0.05, 0) is 61.7 Å². The van der Waals surface area contributed by atoms with Crippen molar-refractivity contribution in [2.75, 3.05) is 31.1 Å². The average molecular weight is 437 g/mol. The summed E-state index contributed by atoms with van der Waals surface area (Å²) in [4.78, 5) is 17.9. The van der Waals surface area contributed by atoms with Crippen molar-refractivity contribution in [3.8, 4) is 0 Å². The van der Waals surface area contributed by atoms with Crippen molar-refractivity contribution in [2.24, 2.45) is 0 Å². The van der Waals surface area contributed by atoms with Crippen LogP contribution in [0.2, 0.25) is 0 Å². The van der Waals surface area contributed by atoms with E-state index in [1.807, 2.05) is 36.1 Å². The number of carbonyl (C=O) groups excluding carboxylic acids is 1. The predicted molar refractivity (Wildman–Crippen MR) is 124 cm³/mol. The second-order valence-corrected chi connectivity index (χ2v) is 9.44. The molecule has 0 bridgehead atoms. The van der Waals surface area contributed by atoms with Crippen LogP contribution in [0.4, 0.5) is 5.69 Å². The van der Waals surface area contributed by atoms with Crippen molar-refractivity contribution in [3.63, 3.8) is 0 Å². The van der Waals surface area contributed by atoms with Crippen molar-refractivity contribution in [1.29, 1.82) is 0 Å². The van der Waals surface area contributed by atoms with E-state index in [-0.39, 0.29) is 11.7 Å². The molecular weight excluding hydrogens is 408 g/mol. The Morgan fingerprint density at radius 2 is 1.61 bits per heavy atom. The van der Waals surface area contributed by atoms with Gasteiger partial charge in [-0.1, -0.05) is 30.3 Å². The van der Waals surface area contributed by atoms with Gasteiger partial charge in [0.25, 0.3) is 5.91 Å². The molecule has 1 aromatic heterocycles. The number of nitrogens with zero attached hydrogens (tertiary/aromatic N) is 2. The summed E-state index contributed by atoms with van der Waals surface area (Å²) in [5.74, 6) is 1.04. The van der Waals surface area contributed by atoms with Crippen molar-refractivity contribution in [3.05, 3.63) is 82.8 Å². The number of hydrogen-bond acceptors (Lipinski definition) is 4. The zero-order valence-corrected chi connectivity index (χ0v) is 19.1. The summed E-state index contributed by atoms with van der Waals surface area (Å²) in [5.41, 5.74) is 4.80. The minimum absolute atomic E-state index is 0.103. The monoisotopic (exact) mass is 436 g/mol. The molecule has 1 saturated heterocycles. The number of anilines is 1. The highest BCUT2D eigenvalue weighted by atomic mass is 32.2. The first-order valence-corrected chi connectivity index (χ1v) is 11.9. The largest absolute Gasteiger partial charge is 0.455 e. The molecule has 2 aromatic carbocycles.